The van der Waals surface area contributed by atoms with E-state index in [0.717, 1.165) is 0 Å². The number of hydrogen-bond donors (Lipinski definition) is 1. The van der Waals surface area contributed by atoms with Gasteiger partial charge in [0.1, 0.15) is 0 Å². The Labute approximate surface area is 78.9 Å². The SMILES string of the molecule is CC(C[N+](=O)[O-])NC1CCCCC1. The second-order valence-electron chi connectivity index (χ2n) is 3.92. The smallest absolute Gasteiger partial charge is 0.218 e. The molecule has 0 radical (unpaired) electrons. The molecule has 0 aromatic heterocycles. The zero-order chi connectivity index (χ0) is 9.68. The molecule has 0 spiro atoms. The van der Waals surface area contributed by atoms with Crippen LogP contribution < -0.4 is 5.32 Å². The maximum Gasteiger partial charge on any atom is 0.218 e. The summed E-state index contributed by atoms with van der Waals surface area (Å²) in [7, 11) is 0. The quantitative estimate of drug-likeness (QED) is 0.535. The molecule has 1 aliphatic rings. The lowest BCUT2D eigenvalue weighted by atomic mass is 9.95. The van der Waals surface area contributed by atoms with Crippen molar-refractivity contribution in [2.24, 2.45) is 0 Å². The van der Waals surface area contributed by atoms with E-state index in [2.05, 4.69) is 5.32 Å². The fourth-order valence-corrected chi connectivity index (χ4v) is 1.95. The highest BCUT2D eigenvalue weighted by Crippen LogP contribution is 2.17. The summed E-state index contributed by atoms with van der Waals surface area (Å²) in [5.41, 5.74) is 0. The Morgan fingerprint density at radius 3 is 2.62 bits per heavy atom. The van der Waals surface area contributed by atoms with E-state index in [1.54, 1.807) is 0 Å². The minimum Gasteiger partial charge on any atom is -0.306 e. The van der Waals surface area contributed by atoms with E-state index in [9.17, 15) is 10.1 Å². The molecule has 1 unspecified atom stereocenters. The number of rotatable bonds is 4. The number of nitrogens with zero attached hydrogens (tertiary/aromatic N) is 1. The number of hydrogen-bond acceptors (Lipinski definition) is 3. The molecule has 4 nitrogen and oxygen atoms in total. The Bertz CT molecular complexity index is 167. The van der Waals surface area contributed by atoms with Crippen LogP contribution in [0.5, 0.6) is 0 Å². The van der Waals surface area contributed by atoms with Gasteiger partial charge in [-0.05, 0) is 19.8 Å². The molecule has 0 bridgehead atoms. The predicted octanol–water partition coefficient (Wildman–Crippen LogP) is 1.57. The van der Waals surface area contributed by atoms with Gasteiger partial charge in [0, 0.05) is 11.0 Å². The molecule has 0 saturated heterocycles. The Kier molecular flexibility index (Phi) is 4.15. The van der Waals surface area contributed by atoms with Crippen LogP contribution >= 0.6 is 0 Å². The van der Waals surface area contributed by atoms with E-state index in [1.165, 1.54) is 32.1 Å². The van der Waals surface area contributed by atoms with E-state index in [0.29, 0.717) is 6.04 Å². The number of nitrogens with one attached hydrogen (secondary N) is 1. The third kappa shape index (κ3) is 4.22. The van der Waals surface area contributed by atoms with Gasteiger partial charge in [0.2, 0.25) is 6.54 Å². The van der Waals surface area contributed by atoms with Crippen LogP contribution in [0.1, 0.15) is 39.0 Å². The van der Waals surface area contributed by atoms with Crippen LogP contribution in [0.25, 0.3) is 0 Å². The van der Waals surface area contributed by atoms with Crippen molar-refractivity contribution >= 4 is 0 Å². The van der Waals surface area contributed by atoms with Crippen molar-refractivity contribution in [3.8, 4) is 0 Å². The van der Waals surface area contributed by atoms with Crippen LogP contribution in [0.4, 0.5) is 0 Å². The first-order valence-corrected chi connectivity index (χ1v) is 5.06. The van der Waals surface area contributed by atoms with Gasteiger partial charge in [0.15, 0.2) is 0 Å². The average Bonchev–Trinajstić information content (AvgIpc) is 2.04. The van der Waals surface area contributed by atoms with Crippen molar-refractivity contribution in [3.63, 3.8) is 0 Å². The van der Waals surface area contributed by atoms with E-state index in [4.69, 9.17) is 0 Å². The molecule has 76 valence electrons. The summed E-state index contributed by atoms with van der Waals surface area (Å²) in [5.74, 6) is 0. The second kappa shape index (κ2) is 5.17. The highest BCUT2D eigenvalue weighted by atomic mass is 16.6. The van der Waals surface area contributed by atoms with Gasteiger partial charge >= 0.3 is 0 Å². The molecule has 0 aliphatic heterocycles. The van der Waals surface area contributed by atoms with Crippen LogP contribution in [0, 0.1) is 10.1 Å². The fourth-order valence-electron chi connectivity index (χ4n) is 1.95. The third-order valence-electron chi connectivity index (χ3n) is 2.55. The molecule has 1 atom stereocenters. The topological polar surface area (TPSA) is 55.2 Å². The monoisotopic (exact) mass is 186 g/mol. The lowest BCUT2D eigenvalue weighted by Gasteiger charge is -2.24. The molecule has 1 rings (SSSR count). The summed E-state index contributed by atoms with van der Waals surface area (Å²) >= 11 is 0. The molecule has 13 heavy (non-hydrogen) atoms. The summed E-state index contributed by atoms with van der Waals surface area (Å²) in [6, 6.07) is 0.529. The molecule has 1 N–H and O–H groups in total. The largest absolute Gasteiger partial charge is 0.306 e. The second-order valence-corrected chi connectivity index (χ2v) is 3.92. The first kappa shape index (κ1) is 10.4. The molecule has 0 heterocycles. The molecule has 4 heteroatoms. The van der Waals surface area contributed by atoms with Gasteiger partial charge in [-0.25, -0.2) is 0 Å². The average molecular weight is 186 g/mol. The minimum atomic E-state index is -0.250. The molecule has 0 aromatic rings. The van der Waals surface area contributed by atoms with Gasteiger partial charge in [0.25, 0.3) is 0 Å². The lowest BCUT2D eigenvalue weighted by molar-refractivity contribution is -0.483. The van der Waals surface area contributed by atoms with Crippen LogP contribution in [0.15, 0.2) is 0 Å². The number of nitro groups is 1. The van der Waals surface area contributed by atoms with E-state index >= 15 is 0 Å². The minimum absolute atomic E-state index is 0.0121. The van der Waals surface area contributed by atoms with Crippen molar-refractivity contribution in [2.75, 3.05) is 6.54 Å². The molecule has 0 amide bonds. The van der Waals surface area contributed by atoms with Crippen molar-refractivity contribution < 1.29 is 4.92 Å². The summed E-state index contributed by atoms with van der Waals surface area (Å²) in [4.78, 5) is 9.97. The van der Waals surface area contributed by atoms with Crippen molar-refractivity contribution in [1.29, 1.82) is 0 Å². The summed E-state index contributed by atoms with van der Waals surface area (Å²) in [5, 5.41) is 13.5. The maximum atomic E-state index is 10.2. The third-order valence-corrected chi connectivity index (χ3v) is 2.55. The molecular weight excluding hydrogens is 168 g/mol. The van der Waals surface area contributed by atoms with Crippen molar-refractivity contribution in [1.82, 2.24) is 5.32 Å². The summed E-state index contributed by atoms with van der Waals surface area (Å²) < 4.78 is 0. The van der Waals surface area contributed by atoms with E-state index in [1.807, 2.05) is 6.92 Å². The van der Waals surface area contributed by atoms with Crippen LogP contribution in [0.2, 0.25) is 0 Å². The van der Waals surface area contributed by atoms with Gasteiger partial charge in [0.05, 0.1) is 6.04 Å². The van der Waals surface area contributed by atoms with Crippen LogP contribution in [-0.2, 0) is 0 Å². The highest BCUT2D eigenvalue weighted by molar-refractivity contribution is 4.74. The van der Waals surface area contributed by atoms with Crippen LogP contribution in [-0.4, -0.2) is 23.6 Å². The van der Waals surface area contributed by atoms with Gasteiger partial charge in [-0.2, -0.15) is 0 Å². The predicted molar refractivity (Wildman–Crippen MR) is 51.3 cm³/mol. The molecule has 1 aliphatic carbocycles. The first-order valence-electron chi connectivity index (χ1n) is 5.06. The highest BCUT2D eigenvalue weighted by Gasteiger charge is 2.17. The van der Waals surface area contributed by atoms with Crippen molar-refractivity contribution in [2.45, 2.75) is 51.1 Å². The lowest BCUT2D eigenvalue weighted by Crippen LogP contribution is -2.41. The summed E-state index contributed by atoms with van der Waals surface area (Å²) in [6.45, 7) is 1.92. The van der Waals surface area contributed by atoms with E-state index in [-0.39, 0.29) is 17.5 Å². The summed E-state index contributed by atoms with van der Waals surface area (Å²) in [6.07, 6.45) is 6.22. The molecule has 1 fully saturated rings. The fraction of sp³-hybridized carbons (Fsp3) is 1.00. The van der Waals surface area contributed by atoms with Gasteiger partial charge in [-0.1, -0.05) is 19.3 Å². The Morgan fingerprint density at radius 2 is 2.08 bits per heavy atom. The Hall–Kier alpha value is -0.640. The molecule has 0 aromatic carbocycles. The normalized spacial score (nSPS) is 21.3. The first-order chi connectivity index (χ1) is 6.18. The van der Waals surface area contributed by atoms with Crippen LogP contribution in [0.3, 0.4) is 0 Å². The van der Waals surface area contributed by atoms with Crippen molar-refractivity contribution in [3.05, 3.63) is 10.1 Å². The zero-order valence-electron chi connectivity index (χ0n) is 8.16. The maximum absolute atomic E-state index is 10.2. The van der Waals surface area contributed by atoms with E-state index < -0.39 is 0 Å². The van der Waals surface area contributed by atoms with Gasteiger partial charge in [-0.15, -0.1) is 0 Å². The molecular formula is C9H18N2O2. The standard InChI is InChI=1S/C9H18N2O2/c1-8(7-11(12)13)10-9-5-3-2-4-6-9/h8-10H,2-7H2,1H3. The zero-order valence-corrected chi connectivity index (χ0v) is 8.16. The molecule has 1 saturated carbocycles. The Morgan fingerprint density at radius 1 is 1.46 bits per heavy atom. The Balaban J connectivity index is 2.18. The van der Waals surface area contributed by atoms with Gasteiger partial charge in [-0.3, -0.25) is 10.1 Å². The van der Waals surface area contributed by atoms with Gasteiger partial charge < -0.3 is 5.32 Å².